The number of likely N-dealkylation sites (N-methyl/N-ethyl adjacent to an activating group) is 1. The van der Waals surface area contributed by atoms with E-state index in [9.17, 15) is 27.2 Å². The van der Waals surface area contributed by atoms with Crippen LogP contribution < -0.4 is 20.7 Å². The largest absolute Gasteiger partial charge is 0.488 e. The van der Waals surface area contributed by atoms with Crippen molar-refractivity contribution in [2.45, 2.75) is 38.0 Å². The number of hydrogen-bond acceptors (Lipinski definition) is 6. The minimum Gasteiger partial charge on any atom is -0.488 e. The van der Waals surface area contributed by atoms with Gasteiger partial charge in [-0.2, -0.15) is 13.2 Å². The number of nitrogens with zero attached hydrogens (tertiary/aromatic N) is 1. The second-order valence-corrected chi connectivity index (χ2v) is 9.30. The molecule has 8 nitrogen and oxygen atoms in total. The standard InChI is InChI=1S/C24H24F4N4O4S/c1-2-29-21(33)19(24(26,27)28)13-11-17(36-16-7-9-35-10-8-16)20-18(12-13)37-23(31-20)32-22(34)30-15-5-3-14(25)4-6-15/h3-6,11-12,16,19H,2,7-10H2,1H3,(H,29,33)(H2,30,31,32,34). The number of urea groups is 1. The monoisotopic (exact) mass is 540 g/mol. The fourth-order valence-corrected chi connectivity index (χ4v) is 4.79. The zero-order chi connectivity index (χ0) is 26.6. The van der Waals surface area contributed by atoms with E-state index in [1.54, 1.807) is 0 Å². The zero-order valence-corrected chi connectivity index (χ0v) is 20.5. The number of nitrogens with one attached hydrogen (secondary N) is 3. The molecule has 1 unspecified atom stereocenters. The van der Waals surface area contributed by atoms with E-state index in [1.165, 1.54) is 43.3 Å². The van der Waals surface area contributed by atoms with Crippen LogP contribution in [-0.4, -0.2) is 49.0 Å². The van der Waals surface area contributed by atoms with E-state index < -0.39 is 29.8 Å². The molecule has 2 aromatic carbocycles. The first kappa shape index (κ1) is 26.6. The summed E-state index contributed by atoms with van der Waals surface area (Å²) in [7, 11) is 0. The molecule has 1 aromatic heterocycles. The molecule has 37 heavy (non-hydrogen) atoms. The summed E-state index contributed by atoms with van der Waals surface area (Å²) in [6.45, 7) is 2.47. The van der Waals surface area contributed by atoms with Gasteiger partial charge in [-0.1, -0.05) is 11.3 Å². The lowest BCUT2D eigenvalue weighted by Crippen LogP contribution is -2.37. The van der Waals surface area contributed by atoms with Crippen LogP contribution in [0.5, 0.6) is 5.75 Å². The van der Waals surface area contributed by atoms with Crippen LogP contribution in [0.3, 0.4) is 0 Å². The Kier molecular flexibility index (Phi) is 8.13. The van der Waals surface area contributed by atoms with Crippen molar-refractivity contribution < 1.29 is 36.6 Å². The van der Waals surface area contributed by atoms with Gasteiger partial charge in [-0.05, 0) is 48.9 Å². The van der Waals surface area contributed by atoms with Crippen molar-refractivity contribution in [1.82, 2.24) is 10.3 Å². The predicted molar refractivity (Wildman–Crippen MR) is 131 cm³/mol. The Labute approximate surface area is 213 Å². The lowest BCUT2D eigenvalue weighted by atomic mass is 9.96. The topological polar surface area (TPSA) is 102 Å². The van der Waals surface area contributed by atoms with Crippen molar-refractivity contribution in [3.63, 3.8) is 0 Å². The predicted octanol–water partition coefficient (Wildman–Crippen LogP) is 5.42. The number of carbonyl (C=O) groups excluding carboxylic acids is 2. The molecule has 0 radical (unpaired) electrons. The molecule has 1 atom stereocenters. The van der Waals surface area contributed by atoms with Crippen molar-refractivity contribution in [2.24, 2.45) is 0 Å². The van der Waals surface area contributed by atoms with Gasteiger partial charge in [0.25, 0.3) is 0 Å². The highest BCUT2D eigenvalue weighted by Crippen LogP contribution is 2.41. The average Bonchev–Trinajstić information content (AvgIpc) is 3.23. The van der Waals surface area contributed by atoms with Crippen LogP contribution in [0.25, 0.3) is 10.2 Å². The molecule has 0 spiro atoms. The molecule has 4 rings (SSSR count). The average molecular weight is 541 g/mol. The van der Waals surface area contributed by atoms with Crippen LogP contribution >= 0.6 is 11.3 Å². The minimum atomic E-state index is -4.84. The van der Waals surface area contributed by atoms with Gasteiger partial charge < -0.3 is 20.1 Å². The Morgan fingerprint density at radius 2 is 1.86 bits per heavy atom. The van der Waals surface area contributed by atoms with Crippen molar-refractivity contribution in [2.75, 3.05) is 30.4 Å². The van der Waals surface area contributed by atoms with Crippen molar-refractivity contribution in [3.8, 4) is 5.75 Å². The van der Waals surface area contributed by atoms with E-state index in [2.05, 4.69) is 20.9 Å². The third kappa shape index (κ3) is 6.66. The highest BCUT2D eigenvalue weighted by molar-refractivity contribution is 7.22. The molecule has 3 amide bonds. The van der Waals surface area contributed by atoms with Gasteiger partial charge in [0.2, 0.25) is 5.91 Å². The zero-order valence-electron chi connectivity index (χ0n) is 19.7. The number of ether oxygens (including phenoxy) is 2. The second kappa shape index (κ2) is 11.3. The summed E-state index contributed by atoms with van der Waals surface area (Å²) in [5, 5.41) is 7.40. The molecular weight excluding hydrogens is 516 g/mol. The van der Waals surface area contributed by atoms with Crippen LogP contribution in [0.15, 0.2) is 36.4 Å². The van der Waals surface area contributed by atoms with Gasteiger partial charge in [-0.25, -0.2) is 14.2 Å². The molecule has 1 saturated heterocycles. The first-order chi connectivity index (χ1) is 17.6. The molecule has 0 saturated carbocycles. The maximum Gasteiger partial charge on any atom is 0.404 e. The van der Waals surface area contributed by atoms with E-state index in [0.29, 0.717) is 36.4 Å². The number of fused-ring (bicyclic) bond motifs is 1. The number of hydrogen-bond donors (Lipinski definition) is 3. The Bertz CT molecular complexity index is 1260. The minimum absolute atomic E-state index is 0.0386. The van der Waals surface area contributed by atoms with Gasteiger partial charge in [0.05, 0.1) is 17.9 Å². The van der Waals surface area contributed by atoms with Crippen LogP contribution in [0.4, 0.5) is 33.2 Å². The number of aromatic nitrogens is 1. The summed E-state index contributed by atoms with van der Waals surface area (Å²) in [6.07, 6.45) is -4.06. The fourth-order valence-electron chi connectivity index (χ4n) is 3.86. The van der Waals surface area contributed by atoms with Crippen LogP contribution in [0.1, 0.15) is 31.2 Å². The summed E-state index contributed by atoms with van der Waals surface area (Å²) in [4.78, 5) is 29.2. The number of thiazole rings is 1. The van der Waals surface area contributed by atoms with Crippen molar-refractivity contribution in [1.29, 1.82) is 0 Å². The Balaban J connectivity index is 1.68. The summed E-state index contributed by atoms with van der Waals surface area (Å²) in [5.41, 5.74) is 0.300. The third-order valence-corrected chi connectivity index (χ3v) is 6.46. The van der Waals surface area contributed by atoms with Gasteiger partial charge in [-0.15, -0.1) is 0 Å². The SMILES string of the molecule is CCNC(=O)C(c1cc(OC2CCOCC2)c2nc(NC(=O)Nc3ccc(F)cc3)sc2c1)C(F)(F)F. The normalized spacial score (nSPS) is 15.3. The lowest BCUT2D eigenvalue weighted by molar-refractivity contribution is -0.164. The summed E-state index contributed by atoms with van der Waals surface area (Å²) in [5.74, 6) is -3.96. The van der Waals surface area contributed by atoms with Crippen LogP contribution in [0, 0.1) is 5.82 Å². The number of carbonyl (C=O) groups is 2. The first-order valence-electron chi connectivity index (χ1n) is 11.5. The number of benzene rings is 2. The second-order valence-electron chi connectivity index (χ2n) is 8.27. The molecule has 2 heterocycles. The van der Waals surface area contributed by atoms with Crippen molar-refractivity contribution >= 4 is 44.3 Å². The maximum absolute atomic E-state index is 14.0. The first-order valence-corrected chi connectivity index (χ1v) is 12.3. The van der Waals surface area contributed by atoms with E-state index in [0.717, 1.165) is 11.3 Å². The molecule has 198 valence electrons. The number of rotatable bonds is 7. The van der Waals surface area contributed by atoms with Gasteiger partial charge in [-0.3, -0.25) is 10.1 Å². The van der Waals surface area contributed by atoms with Crippen LogP contribution in [0.2, 0.25) is 0 Å². The summed E-state index contributed by atoms with van der Waals surface area (Å²) >= 11 is 0.935. The van der Waals surface area contributed by atoms with E-state index in [-0.39, 0.29) is 34.6 Å². The highest BCUT2D eigenvalue weighted by atomic mass is 32.1. The molecule has 1 fully saturated rings. The fraction of sp³-hybridized carbons (Fsp3) is 0.375. The molecule has 3 N–H and O–H groups in total. The molecule has 3 aromatic rings. The Morgan fingerprint density at radius 1 is 1.16 bits per heavy atom. The number of halogens is 4. The molecule has 0 bridgehead atoms. The smallest absolute Gasteiger partial charge is 0.404 e. The van der Waals surface area contributed by atoms with Gasteiger partial charge >= 0.3 is 12.2 Å². The molecule has 0 aliphatic carbocycles. The van der Waals surface area contributed by atoms with Crippen LogP contribution in [-0.2, 0) is 9.53 Å². The molecular formula is C24H24F4N4O4S. The van der Waals surface area contributed by atoms with Gasteiger partial charge in [0, 0.05) is 25.1 Å². The summed E-state index contributed by atoms with van der Waals surface area (Å²) < 4.78 is 66.6. The summed E-state index contributed by atoms with van der Waals surface area (Å²) in [6, 6.07) is 6.86. The third-order valence-electron chi connectivity index (χ3n) is 5.54. The Hall–Kier alpha value is -3.45. The van der Waals surface area contributed by atoms with E-state index >= 15 is 0 Å². The molecule has 1 aliphatic heterocycles. The quantitative estimate of drug-likeness (QED) is 0.348. The lowest BCUT2D eigenvalue weighted by Gasteiger charge is -2.25. The highest BCUT2D eigenvalue weighted by Gasteiger charge is 2.46. The number of amides is 3. The maximum atomic E-state index is 14.0. The number of anilines is 2. The van der Waals surface area contributed by atoms with Gasteiger partial charge in [0.15, 0.2) is 11.0 Å². The van der Waals surface area contributed by atoms with Crippen molar-refractivity contribution in [3.05, 3.63) is 47.8 Å². The molecule has 1 aliphatic rings. The number of alkyl halides is 3. The Morgan fingerprint density at radius 3 is 2.51 bits per heavy atom. The molecule has 13 heteroatoms. The van der Waals surface area contributed by atoms with E-state index in [4.69, 9.17) is 9.47 Å². The van der Waals surface area contributed by atoms with Gasteiger partial charge in [0.1, 0.15) is 23.2 Å². The van der Waals surface area contributed by atoms with E-state index in [1.807, 2.05) is 0 Å².